The second-order valence-corrected chi connectivity index (χ2v) is 5.48. The molecule has 0 radical (unpaired) electrons. The van der Waals surface area contributed by atoms with E-state index >= 15 is 0 Å². The lowest BCUT2D eigenvalue weighted by atomic mass is 10.0. The number of hydrogen-bond acceptors (Lipinski definition) is 1. The number of Topliss-reactive ketones (excluding diaryl/α,β-unsaturated/α-hetero) is 1. The molecule has 0 aromatic heterocycles. The van der Waals surface area contributed by atoms with Gasteiger partial charge in [-0.1, -0.05) is 44.2 Å². The third kappa shape index (κ3) is 5.22. The summed E-state index contributed by atoms with van der Waals surface area (Å²) in [6, 6.07) is 5.36. The summed E-state index contributed by atoms with van der Waals surface area (Å²) in [7, 11) is 0. The molecule has 0 heterocycles. The molecule has 94 valence electrons. The first-order chi connectivity index (χ1) is 8.15. The summed E-state index contributed by atoms with van der Waals surface area (Å²) in [5, 5.41) is 0.643. The fourth-order valence-electron chi connectivity index (χ4n) is 1.70. The van der Waals surface area contributed by atoms with Gasteiger partial charge in [-0.15, -0.1) is 0 Å². The molecule has 0 unspecified atom stereocenters. The minimum Gasteiger partial charge on any atom is -0.294 e. The molecule has 0 amide bonds. The first kappa shape index (κ1) is 14.7. The highest BCUT2D eigenvalue weighted by atomic mass is 79.9. The van der Waals surface area contributed by atoms with Gasteiger partial charge < -0.3 is 0 Å². The Morgan fingerprint density at radius 2 is 1.94 bits per heavy atom. The molecular weight excluding hydrogens is 300 g/mol. The van der Waals surface area contributed by atoms with Gasteiger partial charge in [-0.2, -0.15) is 0 Å². The topological polar surface area (TPSA) is 17.1 Å². The zero-order valence-corrected chi connectivity index (χ0v) is 12.5. The van der Waals surface area contributed by atoms with E-state index in [1.165, 1.54) is 19.3 Å². The summed E-state index contributed by atoms with van der Waals surface area (Å²) in [5.41, 5.74) is 0.747. The van der Waals surface area contributed by atoms with Crippen LogP contribution in [0.5, 0.6) is 0 Å². The second-order valence-electron chi connectivity index (χ2n) is 4.22. The van der Waals surface area contributed by atoms with Gasteiger partial charge in [-0.3, -0.25) is 4.79 Å². The molecule has 1 aromatic carbocycles. The van der Waals surface area contributed by atoms with E-state index in [0.717, 1.165) is 22.9 Å². The number of hydrogen-bond donors (Lipinski definition) is 0. The van der Waals surface area contributed by atoms with Crippen molar-refractivity contribution in [1.29, 1.82) is 0 Å². The van der Waals surface area contributed by atoms with Crippen molar-refractivity contribution in [3.05, 3.63) is 33.3 Å². The van der Waals surface area contributed by atoms with Gasteiger partial charge in [-0.25, -0.2) is 0 Å². The van der Waals surface area contributed by atoms with Crippen LogP contribution in [0.1, 0.15) is 55.8 Å². The van der Waals surface area contributed by atoms with Crippen LogP contribution in [0, 0.1) is 0 Å². The molecule has 0 fully saturated rings. The highest BCUT2D eigenvalue weighted by Crippen LogP contribution is 2.24. The van der Waals surface area contributed by atoms with Crippen LogP contribution in [-0.2, 0) is 0 Å². The van der Waals surface area contributed by atoms with E-state index in [9.17, 15) is 4.79 Å². The van der Waals surface area contributed by atoms with Crippen molar-refractivity contribution in [3.8, 4) is 0 Å². The summed E-state index contributed by atoms with van der Waals surface area (Å²) in [6.45, 7) is 2.19. The van der Waals surface area contributed by atoms with Gasteiger partial charge >= 0.3 is 0 Å². The van der Waals surface area contributed by atoms with Gasteiger partial charge in [0.2, 0.25) is 0 Å². The van der Waals surface area contributed by atoms with E-state index in [-0.39, 0.29) is 5.78 Å². The molecule has 1 rings (SSSR count). The number of rotatable bonds is 7. The third-order valence-corrected chi connectivity index (χ3v) is 3.96. The summed E-state index contributed by atoms with van der Waals surface area (Å²) in [4.78, 5) is 11.9. The molecule has 0 aliphatic heterocycles. The summed E-state index contributed by atoms with van der Waals surface area (Å²) in [6.07, 6.45) is 6.50. The van der Waals surface area contributed by atoms with E-state index in [1.807, 2.05) is 0 Å². The minimum absolute atomic E-state index is 0.207. The van der Waals surface area contributed by atoms with Crippen LogP contribution in [0.3, 0.4) is 0 Å². The predicted octanol–water partition coefficient (Wildman–Crippen LogP) is 5.65. The van der Waals surface area contributed by atoms with Crippen molar-refractivity contribution in [1.82, 2.24) is 0 Å². The monoisotopic (exact) mass is 316 g/mol. The molecule has 0 aliphatic carbocycles. The van der Waals surface area contributed by atoms with Gasteiger partial charge in [0.1, 0.15) is 0 Å². The Morgan fingerprint density at radius 1 is 1.24 bits per heavy atom. The van der Waals surface area contributed by atoms with E-state index in [4.69, 9.17) is 11.6 Å². The average Bonchev–Trinajstić information content (AvgIpc) is 2.32. The summed E-state index contributed by atoms with van der Waals surface area (Å²) >= 11 is 9.22. The number of unbranched alkanes of at least 4 members (excludes halogenated alkanes) is 4. The van der Waals surface area contributed by atoms with Gasteiger partial charge in [0.25, 0.3) is 0 Å². The standard InChI is InChI=1S/C14H18BrClO/c1-2-3-4-5-6-7-14(17)11-8-9-13(16)12(15)10-11/h8-10H,2-7H2,1H3. The Bertz CT molecular complexity index is 376. The summed E-state index contributed by atoms with van der Waals surface area (Å²) < 4.78 is 0.788. The molecule has 1 nitrogen and oxygen atoms in total. The zero-order valence-electron chi connectivity index (χ0n) is 10.1. The van der Waals surface area contributed by atoms with Gasteiger partial charge in [0.15, 0.2) is 5.78 Å². The maximum atomic E-state index is 11.9. The molecule has 0 spiro atoms. The van der Waals surface area contributed by atoms with Gasteiger partial charge in [-0.05, 0) is 40.5 Å². The van der Waals surface area contributed by atoms with Crippen LogP contribution in [0.25, 0.3) is 0 Å². The van der Waals surface area contributed by atoms with E-state index < -0.39 is 0 Å². The number of carbonyl (C=O) groups is 1. The van der Waals surface area contributed by atoms with Crippen molar-refractivity contribution < 1.29 is 4.79 Å². The van der Waals surface area contributed by atoms with E-state index in [0.29, 0.717) is 11.4 Å². The van der Waals surface area contributed by atoms with Crippen molar-refractivity contribution >= 4 is 33.3 Å². The maximum absolute atomic E-state index is 11.9. The Hall–Kier alpha value is -0.340. The lowest BCUT2D eigenvalue weighted by Crippen LogP contribution is -1.98. The van der Waals surface area contributed by atoms with Crippen molar-refractivity contribution in [3.63, 3.8) is 0 Å². The minimum atomic E-state index is 0.207. The Kier molecular flexibility index (Phi) is 6.83. The average molecular weight is 318 g/mol. The Balaban J connectivity index is 2.39. The van der Waals surface area contributed by atoms with Crippen LogP contribution in [0.15, 0.2) is 22.7 Å². The Morgan fingerprint density at radius 3 is 2.59 bits per heavy atom. The lowest BCUT2D eigenvalue weighted by molar-refractivity contribution is 0.0979. The molecule has 0 aliphatic rings. The molecule has 0 atom stereocenters. The third-order valence-electron chi connectivity index (χ3n) is 2.75. The largest absolute Gasteiger partial charge is 0.294 e. The Labute approximate surface area is 117 Å². The maximum Gasteiger partial charge on any atom is 0.162 e. The number of halogens is 2. The van der Waals surface area contributed by atoms with Crippen molar-refractivity contribution in [2.45, 2.75) is 45.4 Å². The normalized spacial score (nSPS) is 10.5. The SMILES string of the molecule is CCCCCCCC(=O)c1ccc(Cl)c(Br)c1. The van der Waals surface area contributed by atoms with Crippen LogP contribution >= 0.6 is 27.5 Å². The second kappa shape index (κ2) is 7.88. The van der Waals surface area contributed by atoms with Crippen LogP contribution in [0.4, 0.5) is 0 Å². The first-order valence-corrected chi connectivity index (χ1v) is 7.30. The molecule has 0 N–H and O–H groups in total. The van der Waals surface area contributed by atoms with Crippen LogP contribution < -0.4 is 0 Å². The number of carbonyl (C=O) groups excluding carboxylic acids is 1. The van der Waals surface area contributed by atoms with E-state index in [1.54, 1.807) is 18.2 Å². The highest BCUT2D eigenvalue weighted by molar-refractivity contribution is 9.10. The van der Waals surface area contributed by atoms with Gasteiger partial charge in [0, 0.05) is 16.5 Å². The predicted molar refractivity (Wildman–Crippen MR) is 76.9 cm³/mol. The fourth-order valence-corrected chi connectivity index (χ4v) is 2.20. The molecule has 0 bridgehead atoms. The molecule has 1 aromatic rings. The van der Waals surface area contributed by atoms with Gasteiger partial charge in [0.05, 0.1) is 5.02 Å². The van der Waals surface area contributed by atoms with E-state index in [2.05, 4.69) is 22.9 Å². The smallest absolute Gasteiger partial charge is 0.162 e. The fraction of sp³-hybridized carbons (Fsp3) is 0.500. The molecule has 17 heavy (non-hydrogen) atoms. The molecule has 0 saturated heterocycles. The summed E-state index contributed by atoms with van der Waals surface area (Å²) in [5.74, 6) is 0.207. The quantitative estimate of drug-likeness (QED) is 0.469. The first-order valence-electron chi connectivity index (χ1n) is 6.13. The van der Waals surface area contributed by atoms with Crippen LogP contribution in [0.2, 0.25) is 5.02 Å². The van der Waals surface area contributed by atoms with Crippen LogP contribution in [-0.4, -0.2) is 5.78 Å². The lowest BCUT2D eigenvalue weighted by Gasteiger charge is -2.03. The van der Waals surface area contributed by atoms with Crippen molar-refractivity contribution in [2.75, 3.05) is 0 Å². The number of ketones is 1. The zero-order chi connectivity index (χ0) is 12.7. The molecule has 3 heteroatoms. The molecule has 0 saturated carbocycles. The van der Waals surface area contributed by atoms with Crippen molar-refractivity contribution in [2.24, 2.45) is 0 Å². The number of benzene rings is 1. The molecular formula is C14H18BrClO. The highest BCUT2D eigenvalue weighted by Gasteiger charge is 2.07.